The maximum absolute atomic E-state index is 11.9. The number of benzene rings is 1. The van der Waals surface area contributed by atoms with Crippen molar-refractivity contribution in [3.05, 3.63) is 42.1 Å². The summed E-state index contributed by atoms with van der Waals surface area (Å²) in [5.74, 6) is -0.195. The fourth-order valence-corrected chi connectivity index (χ4v) is 1.59. The molecule has 110 valence electrons. The van der Waals surface area contributed by atoms with E-state index in [0.717, 1.165) is 10.9 Å². The minimum Gasteiger partial charge on any atom is -0.349 e. The third-order valence-corrected chi connectivity index (χ3v) is 2.54. The molecule has 0 radical (unpaired) electrons. The van der Waals surface area contributed by atoms with Gasteiger partial charge in [0.1, 0.15) is 5.69 Å². The lowest BCUT2D eigenvalue weighted by Crippen LogP contribution is -2.45. The molecule has 2 aromatic rings. The van der Waals surface area contributed by atoms with Gasteiger partial charge in [-0.2, -0.15) is 0 Å². The van der Waals surface area contributed by atoms with Crippen molar-refractivity contribution >= 4 is 41.6 Å². The van der Waals surface area contributed by atoms with E-state index in [2.05, 4.69) is 10.3 Å². The van der Waals surface area contributed by atoms with Gasteiger partial charge in [0.25, 0.3) is 5.91 Å². The monoisotopic (exact) mass is 315 g/mol. The molecule has 0 saturated carbocycles. The normalized spacial score (nSPS) is 10.3. The first-order valence-electron chi connectivity index (χ1n) is 5.89. The van der Waals surface area contributed by atoms with E-state index in [1.165, 1.54) is 0 Å². The zero-order valence-electron chi connectivity index (χ0n) is 11.4. The van der Waals surface area contributed by atoms with Gasteiger partial charge in [0.05, 0.1) is 5.52 Å². The molecule has 0 spiro atoms. The maximum Gasteiger partial charge on any atom is 0.269 e. The molecular weight excluding hydrogens is 297 g/mol. The first kappa shape index (κ1) is 18.6. The predicted molar refractivity (Wildman–Crippen MR) is 86.8 cm³/mol. The second-order valence-electron chi connectivity index (χ2n) is 5.06. The van der Waals surface area contributed by atoms with Gasteiger partial charge in [0, 0.05) is 17.5 Å². The topological polar surface area (TPSA) is 68.0 Å². The molecule has 0 saturated heterocycles. The Bertz CT molecular complexity index is 582. The highest BCUT2D eigenvalue weighted by molar-refractivity contribution is 5.94. The van der Waals surface area contributed by atoms with Crippen LogP contribution < -0.4 is 11.1 Å². The Labute approximate surface area is 131 Å². The van der Waals surface area contributed by atoms with Crippen LogP contribution in [0.2, 0.25) is 0 Å². The lowest BCUT2D eigenvalue weighted by Gasteiger charge is -2.18. The average Bonchev–Trinajstić information content (AvgIpc) is 2.34. The molecule has 4 nitrogen and oxygen atoms in total. The van der Waals surface area contributed by atoms with Crippen LogP contribution in [0.1, 0.15) is 24.3 Å². The third kappa shape index (κ3) is 4.96. The molecule has 1 aromatic heterocycles. The van der Waals surface area contributed by atoms with Gasteiger partial charge in [0.2, 0.25) is 0 Å². The number of hydrogen-bond donors (Lipinski definition) is 2. The lowest BCUT2D eigenvalue weighted by molar-refractivity contribution is 0.0941. The molecule has 0 aliphatic rings. The van der Waals surface area contributed by atoms with E-state index in [-0.39, 0.29) is 30.7 Å². The van der Waals surface area contributed by atoms with Crippen molar-refractivity contribution in [2.45, 2.75) is 19.4 Å². The first-order valence-corrected chi connectivity index (χ1v) is 5.89. The van der Waals surface area contributed by atoms with Crippen LogP contribution in [0.3, 0.4) is 0 Å². The zero-order chi connectivity index (χ0) is 13.2. The van der Waals surface area contributed by atoms with Crippen molar-refractivity contribution < 1.29 is 4.79 Å². The number of carbonyl (C=O) groups excluding carboxylic acids is 1. The second-order valence-corrected chi connectivity index (χ2v) is 5.06. The third-order valence-electron chi connectivity index (χ3n) is 2.54. The summed E-state index contributed by atoms with van der Waals surface area (Å²) >= 11 is 0. The fourth-order valence-electron chi connectivity index (χ4n) is 1.59. The highest BCUT2D eigenvalue weighted by Gasteiger charge is 2.14. The Kier molecular flexibility index (Phi) is 6.92. The second kappa shape index (κ2) is 7.43. The molecule has 0 fully saturated rings. The van der Waals surface area contributed by atoms with Crippen LogP contribution in [0.15, 0.2) is 36.4 Å². The summed E-state index contributed by atoms with van der Waals surface area (Å²) in [5.41, 5.74) is 6.62. The molecule has 0 aliphatic carbocycles. The average molecular weight is 316 g/mol. The summed E-state index contributed by atoms with van der Waals surface area (Å²) in [7, 11) is 0. The minimum atomic E-state index is -0.424. The number of pyridine rings is 1. The molecule has 20 heavy (non-hydrogen) atoms. The van der Waals surface area contributed by atoms with Gasteiger partial charge in [-0.1, -0.05) is 24.3 Å². The van der Waals surface area contributed by atoms with Crippen molar-refractivity contribution in [2.24, 2.45) is 5.73 Å². The van der Waals surface area contributed by atoms with Gasteiger partial charge < -0.3 is 11.1 Å². The number of nitrogens with zero attached hydrogens (tertiary/aromatic N) is 1. The Morgan fingerprint density at radius 1 is 1.20 bits per heavy atom. The van der Waals surface area contributed by atoms with Crippen LogP contribution >= 0.6 is 24.8 Å². The van der Waals surface area contributed by atoms with E-state index < -0.39 is 5.54 Å². The standard InChI is InChI=1S/C14H17N3O.2ClH/c1-14(2,15)9-16-13(18)12-8-7-10-5-3-4-6-11(10)17-12;;/h3-8H,9,15H2,1-2H3,(H,16,18);2*1H. The Morgan fingerprint density at radius 3 is 2.50 bits per heavy atom. The van der Waals surface area contributed by atoms with Crippen molar-refractivity contribution in [3.8, 4) is 0 Å². The van der Waals surface area contributed by atoms with E-state index in [1.54, 1.807) is 6.07 Å². The minimum absolute atomic E-state index is 0. The van der Waals surface area contributed by atoms with E-state index in [4.69, 9.17) is 5.73 Å². The number of halogens is 2. The largest absolute Gasteiger partial charge is 0.349 e. The van der Waals surface area contributed by atoms with Crippen LogP contribution in [0.25, 0.3) is 10.9 Å². The van der Waals surface area contributed by atoms with Gasteiger partial charge >= 0.3 is 0 Å². The van der Waals surface area contributed by atoms with Crippen LogP contribution in [0.4, 0.5) is 0 Å². The maximum atomic E-state index is 11.9. The van der Waals surface area contributed by atoms with Crippen molar-refractivity contribution in [2.75, 3.05) is 6.54 Å². The number of para-hydroxylation sites is 1. The quantitative estimate of drug-likeness (QED) is 0.914. The van der Waals surface area contributed by atoms with Crippen molar-refractivity contribution in [3.63, 3.8) is 0 Å². The zero-order valence-corrected chi connectivity index (χ0v) is 13.1. The molecular formula is C14H19Cl2N3O. The smallest absolute Gasteiger partial charge is 0.269 e. The number of nitrogens with two attached hydrogens (primary N) is 1. The molecule has 0 bridgehead atoms. The van der Waals surface area contributed by atoms with Gasteiger partial charge in [-0.05, 0) is 26.0 Å². The number of rotatable bonds is 3. The molecule has 1 heterocycles. The summed E-state index contributed by atoms with van der Waals surface area (Å²) in [6, 6.07) is 11.3. The SMILES string of the molecule is CC(C)(N)CNC(=O)c1ccc2ccccc2n1.Cl.Cl. The molecule has 0 atom stereocenters. The molecule has 3 N–H and O–H groups in total. The molecule has 1 aromatic carbocycles. The Hall–Kier alpha value is -1.36. The highest BCUT2D eigenvalue weighted by Crippen LogP contribution is 2.11. The van der Waals surface area contributed by atoms with Crippen molar-refractivity contribution in [1.82, 2.24) is 10.3 Å². The molecule has 6 heteroatoms. The van der Waals surface area contributed by atoms with E-state index >= 15 is 0 Å². The molecule has 0 unspecified atom stereocenters. The summed E-state index contributed by atoms with van der Waals surface area (Å²) in [4.78, 5) is 16.2. The summed E-state index contributed by atoms with van der Waals surface area (Å²) < 4.78 is 0. The van der Waals surface area contributed by atoms with E-state index in [1.807, 2.05) is 44.2 Å². The predicted octanol–water partition coefficient (Wildman–Crippen LogP) is 2.55. The Morgan fingerprint density at radius 2 is 1.85 bits per heavy atom. The number of hydrogen-bond acceptors (Lipinski definition) is 3. The summed E-state index contributed by atoms with van der Waals surface area (Å²) in [5, 5.41) is 3.80. The number of fused-ring (bicyclic) bond motifs is 1. The lowest BCUT2D eigenvalue weighted by atomic mass is 10.1. The van der Waals surface area contributed by atoms with Crippen molar-refractivity contribution in [1.29, 1.82) is 0 Å². The fraction of sp³-hybridized carbons (Fsp3) is 0.286. The number of aromatic nitrogens is 1. The molecule has 1 amide bonds. The number of nitrogens with one attached hydrogen (secondary N) is 1. The van der Waals surface area contributed by atoms with Crippen LogP contribution in [-0.4, -0.2) is 23.0 Å². The molecule has 0 aliphatic heterocycles. The van der Waals surface area contributed by atoms with Crippen LogP contribution in [0.5, 0.6) is 0 Å². The molecule has 2 rings (SSSR count). The Balaban J connectivity index is 0.00000180. The van der Waals surface area contributed by atoms with E-state index in [9.17, 15) is 4.79 Å². The first-order chi connectivity index (χ1) is 8.46. The number of amides is 1. The van der Waals surface area contributed by atoms with Gasteiger partial charge in [-0.25, -0.2) is 4.98 Å². The van der Waals surface area contributed by atoms with Gasteiger partial charge in [0.15, 0.2) is 0 Å². The van der Waals surface area contributed by atoms with Gasteiger partial charge in [-0.15, -0.1) is 24.8 Å². The van der Waals surface area contributed by atoms with Crippen LogP contribution in [-0.2, 0) is 0 Å². The van der Waals surface area contributed by atoms with Crippen LogP contribution in [0, 0.1) is 0 Å². The van der Waals surface area contributed by atoms with E-state index in [0.29, 0.717) is 12.2 Å². The van der Waals surface area contributed by atoms with Gasteiger partial charge in [-0.3, -0.25) is 4.79 Å². The highest BCUT2D eigenvalue weighted by atomic mass is 35.5. The summed E-state index contributed by atoms with van der Waals surface area (Å²) in [6.45, 7) is 4.14. The summed E-state index contributed by atoms with van der Waals surface area (Å²) in [6.07, 6.45) is 0. The number of carbonyl (C=O) groups is 1.